The first kappa shape index (κ1) is 18.9. The van der Waals surface area contributed by atoms with E-state index in [0.29, 0.717) is 5.76 Å². The zero-order valence-corrected chi connectivity index (χ0v) is 15.2. The van der Waals surface area contributed by atoms with E-state index < -0.39 is 18.1 Å². The largest absolute Gasteiger partial charge is 0.465 e. The van der Waals surface area contributed by atoms with Crippen LogP contribution in [0.4, 0.5) is 11.6 Å². The maximum atomic E-state index is 12.0. The quantitative estimate of drug-likeness (QED) is 0.470. The number of hydrogen-bond donors (Lipinski definition) is 2. The van der Waals surface area contributed by atoms with E-state index in [1.54, 1.807) is 36.4 Å². The first-order valence-corrected chi connectivity index (χ1v) is 8.27. The molecule has 0 amide bonds. The molecule has 0 radical (unpaired) electrons. The zero-order chi connectivity index (χ0) is 19.9. The summed E-state index contributed by atoms with van der Waals surface area (Å²) in [6.45, 7) is 0. The van der Waals surface area contributed by atoms with Gasteiger partial charge in [0.2, 0.25) is 0 Å². The van der Waals surface area contributed by atoms with E-state index in [9.17, 15) is 9.59 Å². The molecule has 9 nitrogen and oxygen atoms in total. The number of methoxy groups -OCH3 is 2. The lowest BCUT2D eigenvalue weighted by molar-refractivity contribution is 0.0592. The summed E-state index contributed by atoms with van der Waals surface area (Å²) in [5.74, 6) is -0.0377. The topological polar surface area (TPSA) is 116 Å². The van der Waals surface area contributed by atoms with Crippen molar-refractivity contribution in [3.63, 3.8) is 0 Å². The molecular formula is C19H18N4O5. The molecule has 0 spiro atoms. The fourth-order valence-electron chi connectivity index (χ4n) is 2.50. The number of ether oxygens (including phenoxy) is 2. The maximum absolute atomic E-state index is 12.0. The molecule has 3 rings (SSSR count). The van der Waals surface area contributed by atoms with E-state index in [2.05, 4.69) is 20.6 Å². The van der Waals surface area contributed by atoms with Gasteiger partial charge in [-0.1, -0.05) is 0 Å². The molecule has 0 saturated heterocycles. The Morgan fingerprint density at radius 3 is 1.86 bits per heavy atom. The summed E-state index contributed by atoms with van der Waals surface area (Å²) >= 11 is 0. The Bertz CT molecular complexity index is 897. The number of carbonyl (C=O) groups excluding carboxylic acids is 2. The summed E-state index contributed by atoms with van der Waals surface area (Å²) in [6.07, 6.45) is 3.89. The summed E-state index contributed by atoms with van der Waals surface area (Å²) in [7, 11) is 2.58. The first-order valence-electron chi connectivity index (χ1n) is 8.27. The Balaban J connectivity index is 1.95. The second-order valence-electron chi connectivity index (χ2n) is 5.52. The van der Waals surface area contributed by atoms with E-state index in [4.69, 9.17) is 13.9 Å². The second-order valence-corrected chi connectivity index (χ2v) is 5.52. The van der Waals surface area contributed by atoms with Crippen molar-refractivity contribution in [2.45, 2.75) is 6.17 Å². The van der Waals surface area contributed by atoms with Gasteiger partial charge in [0.05, 0.1) is 20.5 Å². The van der Waals surface area contributed by atoms with Gasteiger partial charge in [-0.3, -0.25) is 0 Å². The number of anilines is 2. The predicted octanol–water partition coefficient (Wildman–Crippen LogP) is 2.87. The molecule has 3 heterocycles. The van der Waals surface area contributed by atoms with E-state index in [1.165, 1.54) is 32.9 Å². The molecule has 144 valence electrons. The van der Waals surface area contributed by atoms with Crippen molar-refractivity contribution in [1.82, 2.24) is 9.97 Å². The summed E-state index contributed by atoms with van der Waals surface area (Å²) in [5.41, 5.74) is 0.495. The highest BCUT2D eigenvalue weighted by Gasteiger charge is 2.22. The van der Waals surface area contributed by atoms with E-state index in [-0.39, 0.29) is 22.8 Å². The summed E-state index contributed by atoms with van der Waals surface area (Å²) in [4.78, 5) is 32.5. The third kappa shape index (κ3) is 4.09. The minimum absolute atomic E-state index is 0.248. The van der Waals surface area contributed by atoms with Gasteiger partial charge in [0.1, 0.15) is 28.5 Å². The number of nitrogens with one attached hydrogen (secondary N) is 2. The lowest BCUT2D eigenvalue weighted by atomic mass is 10.2. The maximum Gasteiger partial charge on any atom is 0.341 e. The standard InChI is InChI=1S/C19H18N4O5/c1-26-18(24)12-6-3-9-20-15(12)22-17(14-8-5-11-28-14)23-16-13(19(25)27-2)7-4-10-21-16/h3-11,17H,1-2H3,(H,20,22)(H,21,23). The minimum Gasteiger partial charge on any atom is -0.465 e. The minimum atomic E-state index is -0.688. The van der Waals surface area contributed by atoms with Gasteiger partial charge in [-0.15, -0.1) is 0 Å². The van der Waals surface area contributed by atoms with Gasteiger partial charge >= 0.3 is 11.9 Å². The highest BCUT2D eigenvalue weighted by molar-refractivity contribution is 5.95. The molecule has 0 bridgehead atoms. The molecule has 0 fully saturated rings. The predicted molar refractivity (Wildman–Crippen MR) is 99.8 cm³/mol. The van der Waals surface area contributed by atoms with Crippen molar-refractivity contribution in [2.24, 2.45) is 0 Å². The van der Waals surface area contributed by atoms with Crippen molar-refractivity contribution < 1.29 is 23.5 Å². The zero-order valence-electron chi connectivity index (χ0n) is 15.2. The van der Waals surface area contributed by atoms with Crippen molar-refractivity contribution in [2.75, 3.05) is 24.9 Å². The van der Waals surface area contributed by atoms with Crippen LogP contribution in [-0.2, 0) is 9.47 Å². The number of esters is 2. The fraction of sp³-hybridized carbons (Fsp3) is 0.158. The number of carbonyl (C=O) groups is 2. The fourth-order valence-corrected chi connectivity index (χ4v) is 2.50. The first-order chi connectivity index (χ1) is 13.6. The summed E-state index contributed by atoms with van der Waals surface area (Å²) in [6, 6.07) is 9.86. The van der Waals surface area contributed by atoms with Gasteiger partial charge < -0.3 is 24.5 Å². The van der Waals surface area contributed by atoms with Crippen LogP contribution >= 0.6 is 0 Å². The number of hydrogen-bond acceptors (Lipinski definition) is 9. The molecule has 3 aromatic heterocycles. The molecule has 0 aromatic carbocycles. The molecule has 0 aliphatic rings. The Morgan fingerprint density at radius 2 is 1.43 bits per heavy atom. The number of nitrogens with zero attached hydrogens (tertiary/aromatic N) is 2. The van der Waals surface area contributed by atoms with Gasteiger partial charge in [-0.2, -0.15) is 0 Å². The number of rotatable bonds is 7. The highest BCUT2D eigenvalue weighted by Crippen LogP contribution is 2.25. The van der Waals surface area contributed by atoms with Crippen molar-refractivity contribution >= 4 is 23.6 Å². The number of furan rings is 1. The van der Waals surface area contributed by atoms with Crippen molar-refractivity contribution in [3.05, 3.63) is 71.9 Å². The average Bonchev–Trinajstić information content (AvgIpc) is 3.28. The van der Waals surface area contributed by atoms with Gasteiger partial charge in [0.25, 0.3) is 0 Å². The van der Waals surface area contributed by atoms with Crippen molar-refractivity contribution in [1.29, 1.82) is 0 Å². The monoisotopic (exact) mass is 382 g/mol. The Kier molecular flexibility index (Phi) is 5.85. The molecule has 9 heteroatoms. The molecule has 0 aliphatic heterocycles. The average molecular weight is 382 g/mol. The van der Waals surface area contributed by atoms with Gasteiger partial charge in [-0.25, -0.2) is 19.6 Å². The summed E-state index contributed by atoms with van der Waals surface area (Å²) < 4.78 is 15.1. The van der Waals surface area contributed by atoms with Crippen LogP contribution in [0.3, 0.4) is 0 Å². The van der Waals surface area contributed by atoms with Crippen LogP contribution in [0.1, 0.15) is 32.6 Å². The van der Waals surface area contributed by atoms with Crippen LogP contribution < -0.4 is 10.6 Å². The molecular weight excluding hydrogens is 364 g/mol. The Labute approximate surface area is 160 Å². The lowest BCUT2D eigenvalue weighted by Gasteiger charge is -2.21. The van der Waals surface area contributed by atoms with Gasteiger partial charge in [-0.05, 0) is 36.4 Å². The van der Waals surface area contributed by atoms with E-state index in [0.717, 1.165) is 0 Å². The lowest BCUT2D eigenvalue weighted by Crippen LogP contribution is -2.23. The number of aromatic nitrogens is 2. The van der Waals surface area contributed by atoms with Crippen LogP contribution in [0.15, 0.2) is 59.5 Å². The highest BCUT2D eigenvalue weighted by atomic mass is 16.5. The molecule has 28 heavy (non-hydrogen) atoms. The van der Waals surface area contributed by atoms with Crippen LogP contribution in [0.25, 0.3) is 0 Å². The Morgan fingerprint density at radius 1 is 0.893 bits per heavy atom. The molecule has 0 aliphatic carbocycles. The molecule has 0 unspecified atom stereocenters. The molecule has 3 aromatic rings. The molecule has 2 N–H and O–H groups in total. The molecule has 0 atom stereocenters. The van der Waals surface area contributed by atoms with Crippen LogP contribution in [0, 0.1) is 0 Å². The van der Waals surface area contributed by atoms with E-state index >= 15 is 0 Å². The summed E-state index contributed by atoms with van der Waals surface area (Å²) in [5, 5.41) is 6.18. The molecule has 0 saturated carbocycles. The Hall–Kier alpha value is -3.88. The third-order valence-electron chi connectivity index (χ3n) is 3.82. The van der Waals surface area contributed by atoms with E-state index in [1.807, 2.05) is 0 Å². The normalized spacial score (nSPS) is 10.4. The van der Waals surface area contributed by atoms with Gasteiger partial charge in [0.15, 0.2) is 6.17 Å². The van der Waals surface area contributed by atoms with Crippen LogP contribution in [0.5, 0.6) is 0 Å². The van der Waals surface area contributed by atoms with Crippen molar-refractivity contribution in [3.8, 4) is 0 Å². The smallest absolute Gasteiger partial charge is 0.341 e. The van der Waals surface area contributed by atoms with Crippen LogP contribution in [-0.4, -0.2) is 36.1 Å². The number of pyridine rings is 2. The SMILES string of the molecule is COC(=O)c1cccnc1NC(Nc1ncccc1C(=O)OC)c1ccco1. The second kappa shape index (κ2) is 8.67. The third-order valence-corrected chi connectivity index (χ3v) is 3.82. The van der Waals surface area contributed by atoms with Gasteiger partial charge in [0, 0.05) is 12.4 Å². The van der Waals surface area contributed by atoms with Crippen LogP contribution in [0.2, 0.25) is 0 Å².